The molecule has 25 heavy (non-hydrogen) atoms. The Morgan fingerprint density at radius 1 is 0.960 bits per heavy atom. The average molecular weight is 335 g/mol. The second-order valence-electron chi connectivity index (χ2n) is 6.24. The number of nitrogens with one attached hydrogen (secondary N) is 1. The zero-order valence-electron chi connectivity index (χ0n) is 14.6. The molecule has 0 aliphatic carbocycles. The van der Waals surface area contributed by atoms with Crippen LogP contribution >= 0.6 is 0 Å². The quantitative estimate of drug-likeness (QED) is 0.686. The molecular formula is C21H21NO3. The molecule has 0 saturated heterocycles. The third kappa shape index (κ3) is 3.20. The number of benzene rings is 2. The topological polar surface area (TPSA) is 55.4 Å². The van der Waals surface area contributed by atoms with Gasteiger partial charge in [0.15, 0.2) is 0 Å². The van der Waals surface area contributed by atoms with E-state index in [1.54, 1.807) is 0 Å². The lowest BCUT2D eigenvalue weighted by Gasteiger charge is -2.16. The van der Waals surface area contributed by atoms with E-state index in [0.29, 0.717) is 35.2 Å². The van der Waals surface area contributed by atoms with Gasteiger partial charge in [-0.15, -0.1) is 0 Å². The summed E-state index contributed by atoms with van der Waals surface area (Å²) in [6.45, 7) is 6.65. The third-order valence-corrected chi connectivity index (χ3v) is 4.22. The number of anilines is 2. The molecule has 0 unspecified atom stereocenters. The van der Waals surface area contributed by atoms with E-state index in [9.17, 15) is 9.59 Å². The maximum Gasteiger partial charge on any atom is 0.250 e. The van der Waals surface area contributed by atoms with E-state index in [1.165, 1.54) is 5.56 Å². The van der Waals surface area contributed by atoms with Crippen LogP contribution in [0.4, 0.5) is 11.4 Å². The van der Waals surface area contributed by atoms with E-state index in [4.69, 9.17) is 4.74 Å². The monoisotopic (exact) mass is 335 g/mol. The fraction of sp³-hybridized carbons (Fsp3) is 0.238. The van der Waals surface area contributed by atoms with Crippen molar-refractivity contribution in [2.75, 3.05) is 11.9 Å². The van der Waals surface area contributed by atoms with Gasteiger partial charge in [0.2, 0.25) is 5.43 Å². The van der Waals surface area contributed by atoms with Gasteiger partial charge >= 0.3 is 0 Å². The summed E-state index contributed by atoms with van der Waals surface area (Å²) >= 11 is 0. The second-order valence-corrected chi connectivity index (χ2v) is 6.24. The molecule has 128 valence electrons. The van der Waals surface area contributed by atoms with Crippen molar-refractivity contribution in [1.82, 2.24) is 0 Å². The molecule has 0 aliphatic rings. The highest BCUT2D eigenvalue weighted by Crippen LogP contribution is 2.31. The van der Waals surface area contributed by atoms with Crippen LogP contribution in [0.3, 0.4) is 0 Å². The van der Waals surface area contributed by atoms with Crippen LogP contribution in [0.2, 0.25) is 0 Å². The Kier molecular flexibility index (Phi) is 4.70. The molecule has 3 rings (SSSR count). The van der Waals surface area contributed by atoms with Gasteiger partial charge in [-0.05, 0) is 36.1 Å². The number of hydrogen-bond donors (Lipinski definition) is 1. The molecule has 3 aromatic rings. The highest BCUT2D eigenvalue weighted by molar-refractivity contribution is 5.85. The summed E-state index contributed by atoms with van der Waals surface area (Å²) in [6, 6.07) is 15.2. The average Bonchev–Trinajstić information content (AvgIpc) is 2.63. The van der Waals surface area contributed by atoms with E-state index in [-0.39, 0.29) is 0 Å². The van der Waals surface area contributed by atoms with Gasteiger partial charge < -0.3 is 10.1 Å². The molecule has 0 atom stereocenters. The predicted octanol–water partition coefficient (Wildman–Crippen LogP) is 4.22. The van der Waals surface area contributed by atoms with Crippen LogP contribution in [0.1, 0.15) is 32.3 Å². The Balaban J connectivity index is 1.96. The van der Waals surface area contributed by atoms with E-state index in [1.807, 2.05) is 55.5 Å². The van der Waals surface area contributed by atoms with Crippen molar-refractivity contribution >= 4 is 11.4 Å². The molecule has 0 spiro atoms. The van der Waals surface area contributed by atoms with Crippen LogP contribution in [0, 0.1) is 0 Å². The van der Waals surface area contributed by atoms with Crippen LogP contribution in [0.25, 0.3) is 11.1 Å². The minimum atomic E-state index is -0.491. The molecular weight excluding hydrogens is 314 g/mol. The van der Waals surface area contributed by atoms with Crippen molar-refractivity contribution in [3.05, 3.63) is 74.5 Å². The Bertz CT molecular complexity index is 948. The van der Waals surface area contributed by atoms with Crippen molar-refractivity contribution in [2.45, 2.75) is 26.7 Å². The maximum atomic E-state index is 12.1. The van der Waals surface area contributed by atoms with E-state index in [0.717, 1.165) is 5.56 Å². The summed E-state index contributed by atoms with van der Waals surface area (Å²) in [7, 11) is 0. The van der Waals surface area contributed by atoms with Crippen molar-refractivity contribution in [1.29, 1.82) is 0 Å². The fourth-order valence-corrected chi connectivity index (χ4v) is 2.81. The molecule has 0 heterocycles. The van der Waals surface area contributed by atoms with Crippen molar-refractivity contribution in [2.24, 2.45) is 0 Å². The van der Waals surface area contributed by atoms with Gasteiger partial charge in [-0.2, -0.15) is 0 Å². The Labute approximate surface area is 146 Å². The van der Waals surface area contributed by atoms with Crippen molar-refractivity contribution < 1.29 is 4.74 Å². The number of ether oxygens (including phenoxy) is 1. The molecule has 0 bridgehead atoms. The number of rotatable bonds is 6. The van der Waals surface area contributed by atoms with Crippen LogP contribution in [0.5, 0.6) is 5.75 Å². The summed E-state index contributed by atoms with van der Waals surface area (Å²) in [5, 5.41) is 3.08. The van der Waals surface area contributed by atoms with Gasteiger partial charge in [0, 0.05) is 0 Å². The van der Waals surface area contributed by atoms with Crippen LogP contribution in [-0.4, -0.2) is 6.61 Å². The van der Waals surface area contributed by atoms with Gasteiger partial charge in [-0.1, -0.05) is 50.2 Å². The number of para-hydroxylation sites is 2. The standard InChI is InChI=1S/C21H21NO3/c1-4-25-17-8-6-5-7-16(17)22-19-18(20(23)21(19)24)15-11-9-14(10-12-15)13(2)3/h5-13,22H,4H2,1-3H3. The lowest BCUT2D eigenvalue weighted by molar-refractivity contribution is 0.342. The largest absolute Gasteiger partial charge is 0.492 e. The van der Waals surface area contributed by atoms with Crippen LogP contribution in [0.15, 0.2) is 58.1 Å². The highest BCUT2D eigenvalue weighted by Gasteiger charge is 2.23. The van der Waals surface area contributed by atoms with E-state index < -0.39 is 10.9 Å². The number of hydrogen-bond acceptors (Lipinski definition) is 4. The molecule has 0 fully saturated rings. The summed E-state index contributed by atoms with van der Waals surface area (Å²) in [5.41, 5.74) is 2.45. The first kappa shape index (κ1) is 17.0. The van der Waals surface area contributed by atoms with Crippen molar-refractivity contribution in [3.8, 4) is 16.9 Å². The first-order valence-electron chi connectivity index (χ1n) is 8.45. The summed E-state index contributed by atoms with van der Waals surface area (Å²) in [4.78, 5) is 24.2. The summed E-state index contributed by atoms with van der Waals surface area (Å²) in [6.07, 6.45) is 0. The van der Waals surface area contributed by atoms with Gasteiger partial charge in [0.05, 0.1) is 17.9 Å². The van der Waals surface area contributed by atoms with Gasteiger partial charge in [-0.3, -0.25) is 9.59 Å². The molecule has 3 aromatic carbocycles. The second kappa shape index (κ2) is 6.93. The zero-order valence-corrected chi connectivity index (χ0v) is 14.6. The van der Waals surface area contributed by atoms with Crippen molar-refractivity contribution in [3.63, 3.8) is 0 Å². The highest BCUT2D eigenvalue weighted by atomic mass is 16.5. The SMILES string of the molecule is CCOc1ccccc1Nc1c(-c2ccc(C(C)C)cc2)c(=O)c1=O. The lowest BCUT2D eigenvalue weighted by atomic mass is 9.95. The first-order valence-corrected chi connectivity index (χ1v) is 8.45. The van der Waals surface area contributed by atoms with Crippen LogP contribution in [-0.2, 0) is 0 Å². The summed E-state index contributed by atoms with van der Waals surface area (Å²) in [5.74, 6) is 1.07. The van der Waals surface area contributed by atoms with Crippen LogP contribution < -0.4 is 20.9 Å². The smallest absolute Gasteiger partial charge is 0.250 e. The molecule has 4 heteroatoms. The van der Waals surface area contributed by atoms with Gasteiger partial charge in [0.25, 0.3) is 5.43 Å². The Morgan fingerprint density at radius 3 is 2.28 bits per heavy atom. The van der Waals surface area contributed by atoms with Gasteiger partial charge in [-0.25, -0.2) is 0 Å². The molecule has 1 N–H and O–H groups in total. The predicted molar refractivity (Wildman–Crippen MR) is 102 cm³/mol. The first-order chi connectivity index (χ1) is 12.0. The Hall–Kier alpha value is -2.88. The zero-order chi connectivity index (χ0) is 18.0. The molecule has 4 nitrogen and oxygen atoms in total. The van der Waals surface area contributed by atoms with E-state index >= 15 is 0 Å². The molecule has 0 radical (unpaired) electrons. The maximum absolute atomic E-state index is 12.1. The minimum Gasteiger partial charge on any atom is -0.492 e. The normalized spacial score (nSPS) is 11.0. The molecule has 0 aliphatic heterocycles. The van der Waals surface area contributed by atoms with E-state index in [2.05, 4.69) is 19.2 Å². The third-order valence-electron chi connectivity index (χ3n) is 4.22. The van der Waals surface area contributed by atoms with Gasteiger partial charge in [0.1, 0.15) is 11.4 Å². The molecule has 0 aromatic heterocycles. The molecule has 0 amide bonds. The lowest BCUT2D eigenvalue weighted by Crippen LogP contribution is -2.35. The molecule has 0 saturated carbocycles. The minimum absolute atomic E-state index is 0.328. The Morgan fingerprint density at radius 2 is 1.64 bits per heavy atom. The summed E-state index contributed by atoms with van der Waals surface area (Å²) < 4.78 is 5.57. The fourth-order valence-electron chi connectivity index (χ4n) is 2.81.